The first-order chi connectivity index (χ1) is 9.81. The van der Waals surface area contributed by atoms with Crippen molar-refractivity contribution in [2.75, 3.05) is 7.11 Å². The second kappa shape index (κ2) is 5.63. The Hall–Kier alpha value is -1.87. The average Bonchev–Trinajstić information content (AvgIpc) is 2.45. The molecule has 0 bridgehead atoms. The molecule has 1 unspecified atom stereocenters. The van der Waals surface area contributed by atoms with Crippen molar-refractivity contribution in [2.45, 2.75) is 31.2 Å². The number of hydrogen-bond donors (Lipinski definition) is 1. The van der Waals surface area contributed by atoms with Crippen molar-refractivity contribution in [1.29, 1.82) is 0 Å². The summed E-state index contributed by atoms with van der Waals surface area (Å²) in [7, 11) is 1.66. The molecule has 0 radical (unpaired) electrons. The Labute approximate surface area is 119 Å². The Kier molecular flexibility index (Phi) is 3.70. The largest absolute Gasteiger partial charge is 0.495 e. The Morgan fingerprint density at radius 3 is 2.70 bits per heavy atom. The van der Waals surface area contributed by atoms with Gasteiger partial charge in [-0.3, -0.25) is 4.98 Å². The molecule has 0 amide bonds. The fourth-order valence-corrected chi connectivity index (χ4v) is 2.87. The molecule has 0 saturated heterocycles. The van der Waals surface area contributed by atoms with E-state index in [9.17, 15) is 0 Å². The van der Waals surface area contributed by atoms with Crippen molar-refractivity contribution in [3.8, 4) is 5.75 Å². The van der Waals surface area contributed by atoms with Gasteiger partial charge in [0, 0.05) is 11.8 Å². The number of rotatable bonds is 4. The molecule has 3 nitrogen and oxygen atoms in total. The first-order valence-corrected chi connectivity index (χ1v) is 7.13. The lowest BCUT2D eigenvalue weighted by Gasteiger charge is -2.29. The Balaban J connectivity index is 1.99. The maximum atomic E-state index is 6.50. The van der Waals surface area contributed by atoms with Crippen molar-refractivity contribution in [2.24, 2.45) is 5.73 Å². The summed E-state index contributed by atoms with van der Waals surface area (Å²) >= 11 is 0. The fourth-order valence-electron chi connectivity index (χ4n) is 2.87. The molecule has 1 fully saturated rings. The summed E-state index contributed by atoms with van der Waals surface area (Å²) < 4.78 is 5.39. The molecule has 1 aromatic heterocycles. The zero-order valence-electron chi connectivity index (χ0n) is 11.8. The molecule has 3 rings (SSSR count). The number of aromatic nitrogens is 1. The first kappa shape index (κ1) is 13.1. The summed E-state index contributed by atoms with van der Waals surface area (Å²) in [6.07, 6.45) is 7.37. The molecule has 1 aliphatic rings. The second-order valence-electron chi connectivity index (χ2n) is 5.35. The van der Waals surface area contributed by atoms with Gasteiger partial charge >= 0.3 is 0 Å². The van der Waals surface area contributed by atoms with Crippen LogP contribution >= 0.6 is 0 Å². The Morgan fingerprint density at radius 1 is 1.20 bits per heavy atom. The first-order valence-electron chi connectivity index (χ1n) is 7.13. The number of nitrogens with zero attached hydrogens (tertiary/aromatic N) is 1. The lowest BCUT2D eigenvalue weighted by molar-refractivity contribution is 0.403. The average molecular weight is 268 g/mol. The van der Waals surface area contributed by atoms with Gasteiger partial charge in [0.25, 0.3) is 0 Å². The Morgan fingerprint density at radius 2 is 2.00 bits per heavy atom. The van der Waals surface area contributed by atoms with Gasteiger partial charge in [0.2, 0.25) is 0 Å². The molecule has 20 heavy (non-hydrogen) atoms. The highest BCUT2D eigenvalue weighted by Crippen LogP contribution is 2.40. The van der Waals surface area contributed by atoms with Gasteiger partial charge in [-0.1, -0.05) is 30.7 Å². The monoisotopic (exact) mass is 268 g/mol. The van der Waals surface area contributed by atoms with Gasteiger partial charge in [-0.05, 0) is 36.0 Å². The topological polar surface area (TPSA) is 48.1 Å². The van der Waals surface area contributed by atoms with Gasteiger partial charge in [-0.15, -0.1) is 0 Å². The van der Waals surface area contributed by atoms with E-state index in [1.807, 2.05) is 6.07 Å². The van der Waals surface area contributed by atoms with Crippen LogP contribution in [0.5, 0.6) is 5.75 Å². The van der Waals surface area contributed by atoms with Crippen LogP contribution in [-0.4, -0.2) is 12.1 Å². The quantitative estimate of drug-likeness (QED) is 0.924. The van der Waals surface area contributed by atoms with E-state index in [1.54, 1.807) is 19.5 Å². The summed E-state index contributed by atoms with van der Waals surface area (Å²) in [5.41, 5.74) is 10.1. The molecule has 0 aliphatic heterocycles. The van der Waals surface area contributed by atoms with Crippen LogP contribution in [-0.2, 0) is 0 Å². The van der Waals surface area contributed by atoms with E-state index in [0.717, 1.165) is 11.3 Å². The van der Waals surface area contributed by atoms with Crippen LogP contribution in [0, 0.1) is 0 Å². The van der Waals surface area contributed by atoms with Crippen LogP contribution in [0.3, 0.4) is 0 Å². The number of pyridine rings is 1. The van der Waals surface area contributed by atoms with Crippen LogP contribution in [0.25, 0.3) is 0 Å². The van der Waals surface area contributed by atoms with E-state index in [0.29, 0.717) is 5.92 Å². The van der Waals surface area contributed by atoms with Crippen LogP contribution < -0.4 is 10.5 Å². The van der Waals surface area contributed by atoms with Crippen molar-refractivity contribution in [3.63, 3.8) is 0 Å². The van der Waals surface area contributed by atoms with Gasteiger partial charge < -0.3 is 10.5 Å². The van der Waals surface area contributed by atoms with Crippen molar-refractivity contribution in [1.82, 2.24) is 4.98 Å². The SMILES string of the molecule is COc1cnccc1C(N)c1ccccc1C1CCC1. The minimum absolute atomic E-state index is 0.162. The molecule has 1 saturated carbocycles. The number of ether oxygens (including phenoxy) is 1. The molecular weight excluding hydrogens is 248 g/mol. The highest BCUT2D eigenvalue weighted by atomic mass is 16.5. The predicted octanol–water partition coefficient (Wildman–Crippen LogP) is 3.41. The molecule has 104 valence electrons. The maximum Gasteiger partial charge on any atom is 0.142 e. The van der Waals surface area contributed by atoms with Gasteiger partial charge in [-0.2, -0.15) is 0 Å². The minimum Gasteiger partial charge on any atom is -0.495 e. The molecule has 1 heterocycles. The Bertz CT molecular complexity index is 593. The normalized spacial score (nSPS) is 16.5. The minimum atomic E-state index is -0.162. The van der Waals surface area contributed by atoms with Gasteiger partial charge in [-0.25, -0.2) is 0 Å². The molecule has 1 atom stereocenters. The summed E-state index contributed by atoms with van der Waals surface area (Å²) in [5, 5.41) is 0. The molecule has 1 aliphatic carbocycles. The molecule has 3 heteroatoms. The van der Waals surface area contributed by atoms with E-state index in [1.165, 1.54) is 30.4 Å². The zero-order valence-corrected chi connectivity index (χ0v) is 11.8. The third-order valence-electron chi connectivity index (χ3n) is 4.25. The second-order valence-corrected chi connectivity index (χ2v) is 5.35. The van der Waals surface area contributed by atoms with Crippen molar-refractivity contribution < 1.29 is 4.74 Å². The van der Waals surface area contributed by atoms with Gasteiger partial charge in [0.15, 0.2) is 0 Å². The smallest absolute Gasteiger partial charge is 0.142 e. The highest BCUT2D eigenvalue weighted by Gasteiger charge is 2.25. The molecule has 2 N–H and O–H groups in total. The van der Waals surface area contributed by atoms with E-state index < -0.39 is 0 Å². The number of nitrogens with two attached hydrogens (primary N) is 1. The summed E-state index contributed by atoms with van der Waals surface area (Å²) in [4.78, 5) is 4.10. The van der Waals surface area contributed by atoms with Crippen molar-refractivity contribution >= 4 is 0 Å². The lowest BCUT2D eigenvalue weighted by Crippen LogP contribution is -2.19. The van der Waals surface area contributed by atoms with Crippen LogP contribution in [0.4, 0.5) is 0 Å². The third-order valence-corrected chi connectivity index (χ3v) is 4.25. The standard InChI is InChI=1S/C17H20N2O/c1-20-16-11-19-10-9-15(16)17(18)14-8-3-2-7-13(14)12-5-4-6-12/h2-3,7-12,17H,4-6,18H2,1H3. The number of methoxy groups -OCH3 is 1. The van der Waals surface area contributed by atoms with Gasteiger partial charge in [0.1, 0.15) is 5.75 Å². The molecule has 2 aromatic rings. The summed E-state index contributed by atoms with van der Waals surface area (Å²) in [5.74, 6) is 1.42. The number of hydrogen-bond acceptors (Lipinski definition) is 3. The summed E-state index contributed by atoms with van der Waals surface area (Å²) in [6, 6.07) is 10.3. The van der Waals surface area contributed by atoms with Gasteiger partial charge in [0.05, 0.1) is 19.3 Å². The van der Waals surface area contributed by atoms with E-state index in [4.69, 9.17) is 10.5 Å². The van der Waals surface area contributed by atoms with Crippen LogP contribution in [0.15, 0.2) is 42.7 Å². The maximum absolute atomic E-state index is 6.50. The van der Waals surface area contributed by atoms with E-state index >= 15 is 0 Å². The van der Waals surface area contributed by atoms with Crippen molar-refractivity contribution in [3.05, 3.63) is 59.4 Å². The molecular formula is C17H20N2O. The third kappa shape index (κ3) is 2.29. The molecule has 0 spiro atoms. The van der Waals surface area contributed by atoms with Crippen LogP contribution in [0.2, 0.25) is 0 Å². The zero-order chi connectivity index (χ0) is 13.9. The number of benzene rings is 1. The predicted molar refractivity (Wildman–Crippen MR) is 79.9 cm³/mol. The molecule has 1 aromatic carbocycles. The van der Waals surface area contributed by atoms with Crippen LogP contribution in [0.1, 0.15) is 47.9 Å². The highest BCUT2D eigenvalue weighted by molar-refractivity contribution is 5.43. The fraction of sp³-hybridized carbons (Fsp3) is 0.353. The van der Waals surface area contributed by atoms with E-state index in [2.05, 4.69) is 29.2 Å². The summed E-state index contributed by atoms with van der Waals surface area (Å²) in [6.45, 7) is 0. The van der Waals surface area contributed by atoms with E-state index in [-0.39, 0.29) is 6.04 Å². The lowest BCUT2D eigenvalue weighted by atomic mass is 9.76.